The molecular formula is C15H13N3O3. The quantitative estimate of drug-likeness (QED) is 0.864. The van der Waals surface area contributed by atoms with Gasteiger partial charge in [-0.15, -0.1) is 0 Å². The molecule has 0 spiro atoms. The maximum absolute atomic E-state index is 11.4. The number of carbonyl (C=O) groups excluding carboxylic acids is 1. The van der Waals surface area contributed by atoms with Crippen LogP contribution in [0.4, 0.5) is 5.69 Å². The van der Waals surface area contributed by atoms with Crippen LogP contribution in [-0.4, -0.2) is 18.1 Å². The van der Waals surface area contributed by atoms with Gasteiger partial charge in [-0.1, -0.05) is 12.1 Å². The predicted molar refractivity (Wildman–Crippen MR) is 75.8 cm³/mol. The molecule has 6 nitrogen and oxygen atoms in total. The van der Waals surface area contributed by atoms with E-state index in [-0.39, 0.29) is 11.6 Å². The van der Waals surface area contributed by atoms with Gasteiger partial charge in [-0.25, -0.2) is 9.78 Å². The number of anilines is 1. The molecule has 0 amide bonds. The third kappa shape index (κ3) is 3.48. The highest BCUT2D eigenvalue weighted by molar-refractivity contribution is 5.87. The molecule has 6 heteroatoms. The number of nitrogens with two attached hydrogens (primary N) is 1. The Morgan fingerprint density at radius 1 is 1.29 bits per heavy atom. The van der Waals surface area contributed by atoms with E-state index in [1.165, 1.54) is 19.2 Å². The number of hydrogen-bond donors (Lipinski definition) is 1. The number of ether oxygens (including phenoxy) is 2. The van der Waals surface area contributed by atoms with E-state index in [1.807, 2.05) is 0 Å². The summed E-state index contributed by atoms with van der Waals surface area (Å²) in [5.74, 6) is 0.0769. The van der Waals surface area contributed by atoms with Crippen LogP contribution in [0.2, 0.25) is 0 Å². The molecule has 1 aromatic carbocycles. The van der Waals surface area contributed by atoms with Crippen LogP contribution in [0.15, 0.2) is 36.4 Å². The number of hydrogen-bond acceptors (Lipinski definition) is 6. The third-order valence-electron chi connectivity index (χ3n) is 2.71. The van der Waals surface area contributed by atoms with Gasteiger partial charge in [-0.2, -0.15) is 5.26 Å². The molecule has 0 saturated heterocycles. The Bertz CT molecular complexity index is 690. The highest BCUT2D eigenvalue weighted by Gasteiger charge is 2.12. The molecule has 0 bridgehead atoms. The molecule has 0 aliphatic heterocycles. The lowest BCUT2D eigenvalue weighted by Crippen LogP contribution is -2.06. The van der Waals surface area contributed by atoms with Gasteiger partial charge < -0.3 is 15.2 Å². The first kappa shape index (κ1) is 14.3. The lowest BCUT2D eigenvalue weighted by atomic mass is 10.2. The second-order valence-electron chi connectivity index (χ2n) is 4.16. The molecular weight excluding hydrogens is 270 g/mol. The summed E-state index contributed by atoms with van der Waals surface area (Å²) in [5, 5.41) is 8.61. The van der Waals surface area contributed by atoms with Crippen molar-refractivity contribution in [3.63, 3.8) is 0 Å². The Balaban J connectivity index is 2.22. The molecule has 0 aliphatic rings. The van der Waals surface area contributed by atoms with Gasteiger partial charge >= 0.3 is 5.97 Å². The lowest BCUT2D eigenvalue weighted by Gasteiger charge is -2.09. The first-order valence-electron chi connectivity index (χ1n) is 6.12. The molecule has 106 valence electrons. The minimum atomic E-state index is -0.566. The summed E-state index contributed by atoms with van der Waals surface area (Å²) in [6.45, 7) is 0. The number of esters is 1. The Hall–Kier alpha value is -3.07. The topological polar surface area (TPSA) is 98.2 Å². The molecule has 0 atom stereocenters. The summed E-state index contributed by atoms with van der Waals surface area (Å²) in [6.07, 6.45) is 0.332. The van der Waals surface area contributed by atoms with Gasteiger partial charge in [0.1, 0.15) is 5.75 Å². The van der Waals surface area contributed by atoms with E-state index in [4.69, 9.17) is 15.7 Å². The lowest BCUT2D eigenvalue weighted by molar-refractivity contribution is 0.0593. The number of nitrogens with zero attached hydrogens (tertiary/aromatic N) is 2. The SMILES string of the molecule is COC(=O)c1ccc(N)c(Oc2ccc(CC#N)cc2)n1. The van der Waals surface area contributed by atoms with Crippen LogP contribution in [0.3, 0.4) is 0 Å². The largest absolute Gasteiger partial charge is 0.464 e. The van der Waals surface area contributed by atoms with Crippen molar-refractivity contribution in [1.82, 2.24) is 4.98 Å². The Kier molecular flexibility index (Phi) is 4.36. The third-order valence-corrected chi connectivity index (χ3v) is 2.71. The molecule has 1 heterocycles. The molecule has 2 N–H and O–H groups in total. The number of nitrogen functional groups attached to an aromatic ring is 1. The minimum absolute atomic E-state index is 0.114. The fourth-order valence-electron chi connectivity index (χ4n) is 1.63. The van der Waals surface area contributed by atoms with Crippen LogP contribution in [0.1, 0.15) is 16.1 Å². The van der Waals surface area contributed by atoms with Crippen molar-refractivity contribution in [1.29, 1.82) is 5.26 Å². The van der Waals surface area contributed by atoms with Crippen LogP contribution in [0.5, 0.6) is 11.6 Å². The highest BCUT2D eigenvalue weighted by atomic mass is 16.5. The van der Waals surface area contributed by atoms with Crippen LogP contribution in [-0.2, 0) is 11.2 Å². The summed E-state index contributed by atoms with van der Waals surface area (Å²) in [4.78, 5) is 15.5. The van der Waals surface area contributed by atoms with Crippen molar-refractivity contribution in [3.8, 4) is 17.7 Å². The van der Waals surface area contributed by atoms with Crippen molar-refractivity contribution in [2.75, 3.05) is 12.8 Å². The molecule has 0 unspecified atom stereocenters. The number of methoxy groups -OCH3 is 1. The molecule has 0 saturated carbocycles. The normalized spacial score (nSPS) is 9.71. The molecule has 1 aromatic heterocycles. The highest BCUT2D eigenvalue weighted by Crippen LogP contribution is 2.26. The summed E-state index contributed by atoms with van der Waals surface area (Å²) in [7, 11) is 1.27. The average Bonchev–Trinajstić information content (AvgIpc) is 2.51. The summed E-state index contributed by atoms with van der Waals surface area (Å²) >= 11 is 0. The van der Waals surface area contributed by atoms with Gasteiger partial charge in [0, 0.05) is 0 Å². The summed E-state index contributed by atoms with van der Waals surface area (Å²) < 4.78 is 10.1. The van der Waals surface area contributed by atoms with Crippen molar-refractivity contribution >= 4 is 11.7 Å². The Labute approximate surface area is 121 Å². The zero-order chi connectivity index (χ0) is 15.2. The summed E-state index contributed by atoms with van der Waals surface area (Å²) in [6, 6.07) is 12.0. The zero-order valence-corrected chi connectivity index (χ0v) is 11.4. The van der Waals surface area contributed by atoms with Gasteiger partial charge in [0.05, 0.1) is 25.3 Å². The fourth-order valence-corrected chi connectivity index (χ4v) is 1.63. The second kappa shape index (κ2) is 6.39. The van der Waals surface area contributed by atoms with Crippen molar-refractivity contribution in [3.05, 3.63) is 47.7 Å². The summed E-state index contributed by atoms with van der Waals surface area (Å²) in [5.41, 5.74) is 7.08. The number of rotatable bonds is 4. The molecule has 2 rings (SSSR count). The van der Waals surface area contributed by atoms with E-state index < -0.39 is 5.97 Å². The number of carbonyl (C=O) groups is 1. The molecule has 0 radical (unpaired) electrons. The van der Waals surface area contributed by atoms with E-state index in [1.54, 1.807) is 24.3 Å². The van der Waals surface area contributed by atoms with E-state index in [9.17, 15) is 4.79 Å². The second-order valence-corrected chi connectivity index (χ2v) is 4.16. The average molecular weight is 283 g/mol. The van der Waals surface area contributed by atoms with Crippen LogP contribution >= 0.6 is 0 Å². The first-order chi connectivity index (χ1) is 10.1. The first-order valence-corrected chi connectivity index (χ1v) is 6.12. The van der Waals surface area contributed by atoms with E-state index in [2.05, 4.69) is 15.8 Å². The standard InChI is InChI=1S/C15H13N3O3/c1-20-15(19)13-7-6-12(17)14(18-13)21-11-4-2-10(3-5-11)8-9-16/h2-7H,8,17H2,1H3. The van der Waals surface area contributed by atoms with Gasteiger partial charge in [0.2, 0.25) is 5.88 Å². The predicted octanol–water partition coefficient (Wildman–Crippen LogP) is 2.31. The fraction of sp³-hybridized carbons (Fsp3) is 0.133. The van der Waals surface area contributed by atoms with Gasteiger partial charge in [-0.3, -0.25) is 0 Å². The smallest absolute Gasteiger partial charge is 0.356 e. The van der Waals surface area contributed by atoms with Crippen molar-refractivity contribution in [2.24, 2.45) is 0 Å². The Morgan fingerprint density at radius 3 is 2.62 bits per heavy atom. The number of nitriles is 1. The van der Waals surface area contributed by atoms with Gasteiger partial charge in [0.15, 0.2) is 5.69 Å². The van der Waals surface area contributed by atoms with E-state index in [0.717, 1.165) is 5.56 Å². The van der Waals surface area contributed by atoms with Gasteiger partial charge in [-0.05, 0) is 29.8 Å². The van der Waals surface area contributed by atoms with Crippen LogP contribution in [0.25, 0.3) is 0 Å². The van der Waals surface area contributed by atoms with E-state index in [0.29, 0.717) is 17.9 Å². The maximum atomic E-state index is 11.4. The van der Waals surface area contributed by atoms with E-state index >= 15 is 0 Å². The maximum Gasteiger partial charge on any atom is 0.356 e. The molecule has 0 fully saturated rings. The number of benzene rings is 1. The molecule has 21 heavy (non-hydrogen) atoms. The number of pyridine rings is 1. The molecule has 0 aliphatic carbocycles. The zero-order valence-electron chi connectivity index (χ0n) is 11.4. The monoisotopic (exact) mass is 283 g/mol. The van der Waals surface area contributed by atoms with Crippen molar-refractivity contribution in [2.45, 2.75) is 6.42 Å². The van der Waals surface area contributed by atoms with Crippen molar-refractivity contribution < 1.29 is 14.3 Å². The molecule has 2 aromatic rings. The number of aromatic nitrogens is 1. The minimum Gasteiger partial charge on any atom is -0.464 e. The van der Waals surface area contributed by atoms with Crippen LogP contribution < -0.4 is 10.5 Å². The van der Waals surface area contributed by atoms with Gasteiger partial charge in [0.25, 0.3) is 0 Å². The Morgan fingerprint density at radius 2 is 2.00 bits per heavy atom. The van der Waals surface area contributed by atoms with Crippen LogP contribution in [0, 0.1) is 11.3 Å².